The lowest BCUT2D eigenvalue weighted by Crippen LogP contribution is -2.42. The number of piperidine rings is 1. The highest BCUT2D eigenvalue weighted by Gasteiger charge is 2.15. The molecule has 0 bridgehead atoms. The van der Waals surface area contributed by atoms with Crippen LogP contribution in [0.4, 0.5) is 0 Å². The molecule has 0 aliphatic carbocycles. The first kappa shape index (κ1) is 16.0. The maximum atomic E-state index is 11.5. The zero-order valence-corrected chi connectivity index (χ0v) is 13.2. The predicted octanol–water partition coefficient (Wildman–Crippen LogP) is 2.01. The van der Waals surface area contributed by atoms with E-state index in [4.69, 9.17) is 0 Å². The molecule has 1 aromatic carbocycles. The summed E-state index contributed by atoms with van der Waals surface area (Å²) in [6, 6.07) is 8.38. The Morgan fingerprint density at radius 1 is 1.19 bits per heavy atom. The molecule has 4 nitrogen and oxygen atoms in total. The maximum absolute atomic E-state index is 11.5. The zero-order valence-electron chi connectivity index (χ0n) is 13.2. The molecular formula is C17H27N3O. The summed E-state index contributed by atoms with van der Waals surface area (Å²) < 4.78 is 0. The van der Waals surface area contributed by atoms with Crippen molar-refractivity contribution >= 4 is 5.91 Å². The standard InChI is InChI=1S/C17H27N3O/c1-14(20-10-4-3-5-11-20)12-19-13-15-6-8-16(9-7-15)17(21)18-2/h6-9,14,19H,3-5,10-13H2,1-2H3,(H,18,21). The summed E-state index contributed by atoms with van der Waals surface area (Å²) in [7, 11) is 1.65. The van der Waals surface area contributed by atoms with E-state index in [1.807, 2.05) is 24.3 Å². The Kier molecular flexibility index (Phi) is 6.21. The van der Waals surface area contributed by atoms with Crippen molar-refractivity contribution in [2.24, 2.45) is 0 Å². The topological polar surface area (TPSA) is 44.4 Å². The van der Waals surface area contributed by atoms with Crippen molar-refractivity contribution in [1.29, 1.82) is 0 Å². The Bertz CT molecular complexity index is 438. The van der Waals surface area contributed by atoms with Gasteiger partial charge in [-0.05, 0) is 50.6 Å². The first-order valence-electron chi connectivity index (χ1n) is 7.96. The normalized spacial score (nSPS) is 17.4. The van der Waals surface area contributed by atoms with E-state index in [0.717, 1.165) is 13.1 Å². The average Bonchev–Trinajstić information content (AvgIpc) is 2.55. The van der Waals surface area contributed by atoms with E-state index in [1.165, 1.54) is 37.9 Å². The Morgan fingerprint density at radius 3 is 2.48 bits per heavy atom. The number of carbonyl (C=O) groups is 1. The summed E-state index contributed by atoms with van der Waals surface area (Å²) in [6.07, 6.45) is 4.06. The molecule has 1 aromatic rings. The van der Waals surface area contributed by atoms with Crippen LogP contribution in [-0.2, 0) is 6.54 Å². The van der Waals surface area contributed by atoms with E-state index in [0.29, 0.717) is 11.6 Å². The van der Waals surface area contributed by atoms with Gasteiger partial charge < -0.3 is 10.6 Å². The third-order valence-corrected chi connectivity index (χ3v) is 4.23. The van der Waals surface area contributed by atoms with E-state index < -0.39 is 0 Å². The molecule has 0 radical (unpaired) electrons. The molecule has 2 rings (SSSR count). The highest BCUT2D eigenvalue weighted by molar-refractivity contribution is 5.93. The number of likely N-dealkylation sites (tertiary alicyclic amines) is 1. The van der Waals surface area contributed by atoms with Gasteiger partial charge >= 0.3 is 0 Å². The summed E-state index contributed by atoms with van der Waals surface area (Å²) in [5, 5.41) is 6.15. The Morgan fingerprint density at radius 2 is 1.86 bits per heavy atom. The van der Waals surface area contributed by atoms with Gasteiger partial charge in [-0.2, -0.15) is 0 Å². The molecule has 1 atom stereocenters. The van der Waals surface area contributed by atoms with Gasteiger partial charge in [-0.1, -0.05) is 18.6 Å². The van der Waals surface area contributed by atoms with Crippen molar-refractivity contribution in [3.8, 4) is 0 Å². The lowest BCUT2D eigenvalue weighted by atomic mass is 10.1. The van der Waals surface area contributed by atoms with Gasteiger partial charge in [0.25, 0.3) is 5.91 Å². The van der Waals surface area contributed by atoms with Crippen LogP contribution in [0.3, 0.4) is 0 Å². The minimum absolute atomic E-state index is 0.0340. The molecule has 4 heteroatoms. The molecule has 116 valence electrons. The number of amides is 1. The minimum Gasteiger partial charge on any atom is -0.355 e. The quantitative estimate of drug-likeness (QED) is 0.842. The first-order chi connectivity index (χ1) is 10.2. The Hall–Kier alpha value is -1.39. The zero-order chi connectivity index (χ0) is 15.1. The number of benzene rings is 1. The van der Waals surface area contributed by atoms with Crippen molar-refractivity contribution in [1.82, 2.24) is 15.5 Å². The van der Waals surface area contributed by atoms with E-state index in [9.17, 15) is 4.79 Å². The van der Waals surface area contributed by atoms with Gasteiger partial charge in [-0.25, -0.2) is 0 Å². The van der Waals surface area contributed by atoms with Crippen LogP contribution in [-0.4, -0.2) is 43.5 Å². The van der Waals surface area contributed by atoms with Gasteiger partial charge in [0.1, 0.15) is 0 Å². The van der Waals surface area contributed by atoms with Crippen LogP contribution in [0.2, 0.25) is 0 Å². The smallest absolute Gasteiger partial charge is 0.251 e. The fourth-order valence-corrected chi connectivity index (χ4v) is 2.83. The molecule has 1 fully saturated rings. The lowest BCUT2D eigenvalue weighted by molar-refractivity contribution is 0.0963. The fourth-order valence-electron chi connectivity index (χ4n) is 2.83. The molecule has 1 amide bonds. The van der Waals surface area contributed by atoms with Gasteiger partial charge in [0.15, 0.2) is 0 Å². The number of nitrogens with zero attached hydrogens (tertiary/aromatic N) is 1. The monoisotopic (exact) mass is 289 g/mol. The van der Waals surface area contributed by atoms with Gasteiger partial charge in [-0.15, -0.1) is 0 Å². The second-order valence-corrected chi connectivity index (χ2v) is 5.85. The van der Waals surface area contributed by atoms with Crippen molar-refractivity contribution in [3.05, 3.63) is 35.4 Å². The molecule has 1 heterocycles. The van der Waals surface area contributed by atoms with E-state index >= 15 is 0 Å². The van der Waals surface area contributed by atoms with Crippen molar-refractivity contribution in [3.63, 3.8) is 0 Å². The molecular weight excluding hydrogens is 262 g/mol. The van der Waals surface area contributed by atoms with Crippen molar-refractivity contribution in [2.75, 3.05) is 26.7 Å². The van der Waals surface area contributed by atoms with Crippen LogP contribution in [0.5, 0.6) is 0 Å². The molecule has 21 heavy (non-hydrogen) atoms. The van der Waals surface area contributed by atoms with Crippen LogP contribution in [0, 0.1) is 0 Å². The molecule has 2 N–H and O–H groups in total. The van der Waals surface area contributed by atoms with E-state index in [-0.39, 0.29) is 5.91 Å². The third kappa shape index (κ3) is 4.83. The van der Waals surface area contributed by atoms with E-state index in [2.05, 4.69) is 22.5 Å². The average molecular weight is 289 g/mol. The highest BCUT2D eigenvalue weighted by Crippen LogP contribution is 2.11. The molecule has 0 saturated carbocycles. The summed E-state index contributed by atoms with van der Waals surface area (Å²) in [4.78, 5) is 14.0. The summed E-state index contributed by atoms with van der Waals surface area (Å²) >= 11 is 0. The molecule has 1 aliphatic heterocycles. The summed E-state index contributed by atoms with van der Waals surface area (Å²) in [5.41, 5.74) is 1.93. The Labute approximate surface area is 127 Å². The number of hydrogen-bond donors (Lipinski definition) is 2. The second kappa shape index (κ2) is 8.15. The predicted molar refractivity (Wildman–Crippen MR) is 86.4 cm³/mol. The van der Waals surface area contributed by atoms with Gasteiger partial charge in [-0.3, -0.25) is 9.69 Å². The van der Waals surface area contributed by atoms with Gasteiger partial charge in [0.05, 0.1) is 0 Å². The number of nitrogens with one attached hydrogen (secondary N) is 2. The second-order valence-electron chi connectivity index (χ2n) is 5.85. The molecule has 0 spiro atoms. The van der Waals surface area contributed by atoms with Crippen LogP contribution < -0.4 is 10.6 Å². The summed E-state index contributed by atoms with van der Waals surface area (Å²) in [5.74, 6) is -0.0340. The number of carbonyl (C=O) groups excluding carboxylic acids is 1. The SMILES string of the molecule is CNC(=O)c1ccc(CNCC(C)N2CCCCC2)cc1. The van der Waals surface area contributed by atoms with Gasteiger partial charge in [0.2, 0.25) is 0 Å². The maximum Gasteiger partial charge on any atom is 0.251 e. The first-order valence-corrected chi connectivity index (χ1v) is 7.96. The molecule has 1 unspecified atom stereocenters. The minimum atomic E-state index is -0.0340. The van der Waals surface area contributed by atoms with Crippen LogP contribution in [0.15, 0.2) is 24.3 Å². The fraction of sp³-hybridized carbons (Fsp3) is 0.588. The highest BCUT2D eigenvalue weighted by atomic mass is 16.1. The van der Waals surface area contributed by atoms with E-state index in [1.54, 1.807) is 7.05 Å². The summed E-state index contributed by atoms with van der Waals surface area (Å²) in [6.45, 7) is 6.64. The van der Waals surface area contributed by atoms with Crippen LogP contribution >= 0.6 is 0 Å². The lowest BCUT2D eigenvalue weighted by Gasteiger charge is -2.32. The molecule has 1 aliphatic rings. The molecule has 0 aromatic heterocycles. The largest absolute Gasteiger partial charge is 0.355 e. The van der Waals surface area contributed by atoms with Gasteiger partial charge in [0, 0.05) is 31.7 Å². The number of rotatable bonds is 6. The Balaban J connectivity index is 1.73. The van der Waals surface area contributed by atoms with Crippen molar-refractivity contribution < 1.29 is 4.79 Å². The third-order valence-electron chi connectivity index (χ3n) is 4.23. The van der Waals surface area contributed by atoms with Crippen molar-refractivity contribution in [2.45, 2.75) is 38.8 Å². The van der Waals surface area contributed by atoms with Crippen LogP contribution in [0.25, 0.3) is 0 Å². The number of hydrogen-bond acceptors (Lipinski definition) is 3. The molecule has 1 saturated heterocycles. The van der Waals surface area contributed by atoms with Crippen LogP contribution in [0.1, 0.15) is 42.1 Å².